The molecule has 1 aromatic heterocycles. The van der Waals surface area contributed by atoms with Gasteiger partial charge < -0.3 is 4.90 Å². The second kappa shape index (κ2) is 6.04. The van der Waals surface area contributed by atoms with E-state index < -0.39 is 0 Å². The first kappa shape index (κ1) is 13.2. The van der Waals surface area contributed by atoms with E-state index >= 15 is 0 Å². The minimum absolute atomic E-state index is 0.464. The first-order valence-corrected chi connectivity index (χ1v) is 6.32. The molecule has 0 aliphatic heterocycles. The van der Waals surface area contributed by atoms with Gasteiger partial charge in [-0.05, 0) is 27.2 Å². The van der Waals surface area contributed by atoms with Crippen LogP contribution in [0.15, 0.2) is 6.20 Å². The molecule has 0 N–H and O–H groups in total. The Morgan fingerprint density at radius 3 is 2.56 bits per heavy atom. The number of aromatic nitrogens is 2. The monoisotopic (exact) mass is 241 g/mol. The van der Waals surface area contributed by atoms with Crippen LogP contribution >= 0.6 is 11.6 Å². The Labute approximate surface area is 103 Å². The van der Waals surface area contributed by atoms with Crippen LogP contribution in [0.1, 0.15) is 38.4 Å². The molecule has 0 bridgehead atoms. The van der Waals surface area contributed by atoms with E-state index in [-0.39, 0.29) is 0 Å². The van der Waals surface area contributed by atoms with Gasteiger partial charge in [0.25, 0.3) is 0 Å². The molecule has 0 aromatic carbocycles. The van der Waals surface area contributed by atoms with Crippen LogP contribution in [0.2, 0.25) is 0 Å². The molecular formula is C12H20ClN3. The molecule has 0 amide bonds. The number of anilines is 1. The van der Waals surface area contributed by atoms with Crippen molar-refractivity contribution < 1.29 is 0 Å². The van der Waals surface area contributed by atoms with Crippen LogP contribution in [-0.4, -0.2) is 22.6 Å². The second-order valence-electron chi connectivity index (χ2n) is 3.96. The Kier molecular flexibility index (Phi) is 5.00. The van der Waals surface area contributed by atoms with E-state index in [1.165, 1.54) is 0 Å². The first-order valence-electron chi connectivity index (χ1n) is 5.79. The molecule has 0 spiro atoms. The Morgan fingerprint density at radius 1 is 1.44 bits per heavy atom. The van der Waals surface area contributed by atoms with Gasteiger partial charge in [-0.25, -0.2) is 9.97 Å². The standard InChI is InChI=1S/C12H20ClN3/c1-5-9(3)16(6-2)12-14-8-11(7-13)10(4)15-12/h8-9H,5-7H2,1-4H3. The fraction of sp³-hybridized carbons (Fsp3) is 0.667. The summed E-state index contributed by atoms with van der Waals surface area (Å²) in [4.78, 5) is 11.1. The molecule has 1 aromatic rings. The third kappa shape index (κ3) is 2.85. The number of nitrogens with zero attached hydrogens (tertiary/aromatic N) is 3. The summed E-state index contributed by atoms with van der Waals surface area (Å²) in [6.07, 6.45) is 2.92. The molecule has 4 heteroatoms. The van der Waals surface area contributed by atoms with Crippen molar-refractivity contribution in [3.05, 3.63) is 17.5 Å². The molecule has 0 aliphatic rings. The molecule has 90 valence electrons. The van der Waals surface area contributed by atoms with Gasteiger partial charge in [-0.1, -0.05) is 6.92 Å². The summed E-state index contributed by atoms with van der Waals surface area (Å²) in [5, 5.41) is 0. The topological polar surface area (TPSA) is 29.0 Å². The molecule has 16 heavy (non-hydrogen) atoms. The lowest BCUT2D eigenvalue weighted by atomic mass is 10.2. The zero-order valence-electron chi connectivity index (χ0n) is 10.5. The van der Waals surface area contributed by atoms with Gasteiger partial charge in [-0.2, -0.15) is 0 Å². The SMILES string of the molecule is CCC(C)N(CC)c1ncc(CCl)c(C)n1. The highest BCUT2D eigenvalue weighted by Crippen LogP contribution is 2.16. The van der Waals surface area contributed by atoms with Gasteiger partial charge in [0.15, 0.2) is 0 Å². The molecule has 1 heterocycles. The largest absolute Gasteiger partial charge is 0.338 e. The highest BCUT2D eigenvalue weighted by molar-refractivity contribution is 6.17. The van der Waals surface area contributed by atoms with Crippen LogP contribution in [0.25, 0.3) is 0 Å². The van der Waals surface area contributed by atoms with Crippen molar-refractivity contribution in [1.29, 1.82) is 0 Å². The third-order valence-electron chi connectivity index (χ3n) is 2.93. The lowest BCUT2D eigenvalue weighted by Gasteiger charge is -2.27. The molecule has 0 radical (unpaired) electrons. The smallest absolute Gasteiger partial charge is 0.225 e. The summed E-state index contributed by atoms with van der Waals surface area (Å²) in [5.74, 6) is 1.28. The zero-order valence-corrected chi connectivity index (χ0v) is 11.3. The van der Waals surface area contributed by atoms with Gasteiger partial charge in [0.05, 0.1) is 5.88 Å². The van der Waals surface area contributed by atoms with Crippen molar-refractivity contribution in [1.82, 2.24) is 9.97 Å². The summed E-state index contributed by atoms with van der Waals surface area (Å²) < 4.78 is 0. The van der Waals surface area contributed by atoms with Gasteiger partial charge in [0.2, 0.25) is 5.95 Å². The number of aryl methyl sites for hydroxylation is 1. The van der Waals surface area contributed by atoms with Gasteiger partial charge in [0.1, 0.15) is 0 Å². The van der Waals surface area contributed by atoms with E-state index in [9.17, 15) is 0 Å². The van der Waals surface area contributed by atoms with Gasteiger partial charge >= 0.3 is 0 Å². The van der Waals surface area contributed by atoms with Gasteiger partial charge in [0, 0.05) is 30.0 Å². The predicted molar refractivity (Wildman–Crippen MR) is 69.1 cm³/mol. The first-order chi connectivity index (χ1) is 7.63. The maximum Gasteiger partial charge on any atom is 0.225 e. The summed E-state index contributed by atoms with van der Waals surface area (Å²) >= 11 is 5.79. The highest BCUT2D eigenvalue weighted by Gasteiger charge is 2.14. The molecular weight excluding hydrogens is 222 g/mol. The van der Waals surface area contributed by atoms with E-state index in [0.29, 0.717) is 11.9 Å². The number of halogens is 1. The summed E-state index contributed by atoms with van der Waals surface area (Å²) in [6.45, 7) is 9.40. The van der Waals surface area contributed by atoms with Crippen molar-refractivity contribution in [2.45, 2.75) is 46.0 Å². The van der Waals surface area contributed by atoms with Crippen molar-refractivity contribution in [2.75, 3.05) is 11.4 Å². The van der Waals surface area contributed by atoms with Crippen LogP contribution in [0, 0.1) is 6.92 Å². The molecule has 0 saturated carbocycles. The van der Waals surface area contributed by atoms with E-state index in [2.05, 4.69) is 35.6 Å². The van der Waals surface area contributed by atoms with Crippen LogP contribution in [-0.2, 0) is 5.88 Å². The van der Waals surface area contributed by atoms with Crippen molar-refractivity contribution in [2.24, 2.45) is 0 Å². The molecule has 1 atom stereocenters. The molecule has 1 unspecified atom stereocenters. The molecule has 0 saturated heterocycles. The number of alkyl halides is 1. The summed E-state index contributed by atoms with van der Waals surface area (Å²) in [5.41, 5.74) is 1.98. The minimum Gasteiger partial charge on any atom is -0.338 e. The fourth-order valence-electron chi connectivity index (χ4n) is 1.62. The highest BCUT2D eigenvalue weighted by atomic mass is 35.5. The maximum absolute atomic E-state index is 5.79. The molecule has 1 rings (SSSR count). The van der Waals surface area contributed by atoms with Crippen LogP contribution in [0.5, 0.6) is 0 Å². The van der Waals surface area contributed by atoms with Crippen molar-refractivity contribution >= 4 is 17.5 Å². The summed E-state index contributed by atoms with van der Waals surface area (Å²) in [7, 11) is 0. The Morgan fingerprint density at radius 2 is 2.12 bits per heavy atom. The number of hydrogen-bond acceptors (Lipinski definition) is 3. The Hall–Kier alpha value is -0.830. The quantitative estimate of drug-likeness (QED) is 0.742. The van der Waals surface area contributed by atoms with Gasteiger partial charge in [-0.15, -0.1) is 11.6 Å². The van der Waals surface area contributed by atoms with Crippen LogP contribution in [0.4, 0.5) is 5.95 Å². The average molecular weight is 242 g/mol. The third-order valence-corrected chi connectivity index (χ3v) is 3.22. The lowest BCUT2D eigenvalue weighted by Crippen LogP contribution is -2.34. The molecule has 0 aliphatic carbocycles. The average Bonchev–Trinajstić information content (AvgIpc) is 2.30. The molecule has 0 fully saturated rings. The van der Waals surface area contributed by atoms with Crippen molar-refractivity contribution in [3.8, 4) is 0 Å². The normalized spacial score (nSPS) is 12.6. The summed E-state index contributed by atoms with van der Waals surface area (Å²) in [6, 6.07) is 0.464. The predicted octanol–water partition coefficient (Wildman–Crippen LogP) is 3.15. The zero-order chi connectivity index (χ0) is 12.1. The second-order valence-corrected chi connectivity index (χ2v) is 4.22. The van der Waals surface area contributed by atoms with Gasteiger partial charge in [-0.3, -0.25) is 0 Å². The van der Waals surface area contributed by atoms with Crippen LogP contribution in [0.3, 0.4) is 0 Å². The van der Waals surface area contributed by atoms with E-state index in [4.69, 9.17) is 11.6 Å². The Bertz CT molecular complexity index is 341. The maximum atomic E-state index is 5.79. The number of hydrogen-bond donors (Lipinski definition) is 0. The van der Waals surface area contributed by atoms with Crippen LogP contribution < -0.4 is 4.90 Å². The van der Waals surface area contributed by atoms with Crippen molar-refractivity contribution in [3.63, 3.8) is 0 Å². The van der Waals surface area contributed by atoms with E-state index in [1.807, 2.05) is 13.1 Å². The Balaban J connectivity index is 2.98. The van der Waals surface area contributed by atoms with E-state index in [0.717, 1.165) is 30.2 Å². The lowest BCUT2D eigenvalue weighted by molar-refractivity contribution is 0.613. The number of rotatable bonds is 5. The van der Waals surface area contributed by atoms with E-state index in [1.54, 1.807) is 0 Å². The fourth-order valence-corrected chi connectivity index (χ4v) is 1.88. The minimum atomic E-state index is 0.464. The molecule has 3 nitrogen and oxygen atoms in total.